The molecule has 1 spiro atoms. The number of fused-ring (bicyclic) bond motifs is 7. The second-order valence-corrected chi connectivity index (χ2v) is 19.0. The molecule has 0 aromatic heterocycles. The highest BCUT2D eigenvalue weighted by Crippen LogP contribution is 2.71. The number of hydrogen-bond acceptors (Lipinski definition) is 7. The van der Waals surface area contributed by atoms with Gasteiger partial charge in [-0.05, 0) is 117 Å². The predicted octanol–water partition coefficient (Wildman–Crippen LogP) is 5.44. The quantitative estimate of drug-likeness (QED) is 0.303. The molecular formula is C41H65N5O4. The molecule has 9 heteroatoms. The van der Waals surface area contributed by atoms with E-state index in [0.29, 0.717) is 53.2 Å². The smallest absolute Gasteiger partial charge is 0.232 e. The molecule has 4 saturated carbocycles. The number of hydrogen-bond donors (Lipinski definition) is 1. The fraction of sp³-hybridized carbons (Fsp3) is 0.927. The molecule has 1 N–H and O–H groups in total. The van der Waals surface area contributed by atoms with Crippen LogP contribution in [0.3, 0.4) is 0 Å². The van der Waals surface area contributed by atoms with Crippen molar-refractivity contribution in [2.75, 3.05) is 52.4 Å². The van der Waals surface area contributed by atoms with Gasteiger partial charge in [0.25, 0.3) is 0 Å². The highest BCUT2D eigenvalue weighted by atomic mass is 16.7. The van der Waals surface area contributed by atoms with Crippen molar-refractivity contribution >= 4 is 11.8 Å². The maximum atomic E-state index is 13.2. The highest BCUT2D eigenvalue weighted by molar-refractivity contribution is 5.97. The van der Waals surface area contributed by atoms with E-state index in [1.165, 1.54) is 44.9 Å². The molecule has 9 nitrogen and oxygen atoms in total. The first-order valence-corrected chi connectivity index (χ1v) is 20.8. The summed E-state index contributed by atoms with van der Waals surface area (Å²) in [7, 11) is 0. The molecule has 1 unspecified atom stereocenters. The largest absolute Gasteiger partial charge is 0.353 e. The van der Waals surface area contributed by atoms with E-state index in [4.69, 9.17) is 14.7 Å². The Morgan fingerprint density at radius 3 is 2.34 bits per heavy atom. The molecule has 278 valence electrons. The van der Waals surface area contributed by atoms with E-state index in [1.54, 1.807) is 0 Å². The summed E-state index contributed by atoms with van der Waals surface area (Å²) in [6.45, 7) is 16.7. The molecule has 2 amide bonds. The fourth-order valence-electron chi connectivity index (χ4n) is 13.8. The maximum Gasteiger partial charge on any atom is 0.232 e. The van der Waals surface area contributed by atoms with Crippen LogP contribution in [-0.2, 0) is 19.1 Å². The van der Waals surface area contributed by atoms with Gasteiger partial charge in [-0.3, -0.25) is 19.4 Å². The van der Waals surface area contributed by atoms with Crippen molar-refractivity contribution in [3.63, 3.8) is 0 Å². The number of nitriles is 1. The van der Waals surface area contributed by atoms with E-state index in [1.807, 2.05) is 4.90 Å². The number of piperazine rings is 1. The van der Waals surface area contributed by atoms with Gasteiger partial charge in [0.1, 0.15) is 6.42 Å². The topological polar surface area (TPSA) is 98.1 Å². The highest BCUT2D eigenvalue weighted by Gasteiger charge is 2.69. The summed E-state index contributed by atoms with van der Waals surface area (Å²) in [5.41, 5.74) is 0.702. The molecule has 0 radical (unpaired) electrons. The van der Waals surface area contributed by atoms with Gasteiger partial charge in [-0.25, -0.2) is 0 Å². The first-order valence-electron chi connectivity index (χ1n) is 20.8. The van der Waals surface area contributed by atoms with E-state index in [2.05, 4.69) is 48.9 Å². The average Bonchev–Trinajstić information content (AvgIpc) is 3.56. The zero-order chi connectivity index (χ0) is 34.8. The number of nitrogens with one attached hydrogen (secondary N) is 1. The molecule has 12 atom stereocenters. The lowest BCUT2D eigenvalue weighted by Crippen LogP contribution is -2.56. The average molecular weight is 692 g/mol. The molecule has 0 bridgehead atoms. The van der Waals surface area contributed by atoms with Gasteiger partial charge in [0.15, 0.2) is 5.79 Å². The third-order valence-electron chi connectivity index (χ3n) is 16.6. The number of carbonyl (C=O) groups excluding carboxylic acids is 2. The second-order valence-electron chi connectivity index (χ2n) is 19.0. The molecule has 4 aliphatic heterocycles. The van der Waals surface area contributed by atoms with Gasteiger partial charge in [0.2, 0.25) is 11.8 Å². The van der Waals surface area contributed by atoms with Gasteiger partial charge in [0, 0.05) is 63.7 Å². The standard InChI is InChI=1S/C41H65N5O4/c1-27-7-14-41(49-26-27)28(2)38-35(50-41)24-34-32-6-5-29-23-30(8-12-39(29,3)33(32)9-13-40(34,38)4)43-36(47)25-37(48)46-16-10-31(11-17-46)45-21-19-44(18-15-42)20-22-45/h27-35,38H,5-14,16-26H2,1-4H3,(H,43,47)/t27-,28+,29-,30-,32-,33?,34+,35+,38+,39+,40+,41-/m1/s1. The van der Waals surface area contributed by atoms with Crippen LogP contribution in [0.15, 0.2) is 0 Å². The lowest BCUT2D eigenvalue weighted by atomic mass is 9.44. The van der Waals surface area contributed by atoms with E-state index in [0.717, 1.165) is 95.7 Å². The number of rotatable bonds is 5. The number of ether oxygens (including phenoxy) is 2. The Morgan fingerprint density at radius 1 is 0.860 bits per heavy atom. The van der Waals surface area contributed by atoms with Crippen LogP contribution in [-0.4, -0.2) is 103 Å². The molecule has 8 fully saturated rings. The fourth-order valence-corrected chi connectivity index (χ4v) is 13.8. The van der Waals surface area contributed by atoms with Gasteiger partial charge in [0.05, 0.1) is 25.3 Å². The van der Waals surface area contributed by atoms with Crippen LogP contribution in [0, 0.1) is 63.6 Å². The molecule has 0 aromatic rings. The Morgan fingerprint density at radius 2 is 1.62 bits per heavy atom. The van der Waals surface area contributed by atoms with Crippen LogP contribution >= 0.6 is 0 Å². The number of likely N-dealkylation sites (tertiary alicyclic amines) is 1. The summed E-state index contributed by atoms with van der Waals surface area (Å²) in [4.78, 5) is 33.1. The van der Waals surface area contributed by atoms with Gasteiger partial charge in [-0.15, -0.1) is 0 Å². The second kappa shape index (κ2) is 13.6. The van der Waals surface area contributed by atoms with Crippen molar-refractivity contribution in [1.29, 1.82) is 5.26 Å². The van der Waals surface area contributed by atoms with E-state index in [-0.39, 0.29) is 30.1 Å². The van der Waals surface area contributed by atoms with E-state index in [9.17, 15) is 9.59 Å². The monoisotopic (exact) mass is 692 g/mol. The normalized spacial score (nSPS) is 46.8. The van der Waals surface area contributed by atoms with Crippen molar-refractivity contribution in [3.8, 4) is 6.07 Å². The molecule has 4 aliphatic carbocycles. The van der Waals surface area contributed by atoms with Crippen LogP contribution in [0.2, 0.25) is 0 Å². The Balaban J connectivity index is 0.813. The number of carbonyl (C=O) groups is 2. The Labute approximate surface area is 301 Å². The molecule has 8 rings (SSSR count). The third kappa shape index (κ3) is 6.04. The molecule has 0 aromatic carbocycles. The van der Waals surface area contributed by atoms with Crippen molar-refractivity contribution in [3.05, 3.63) is 0 Å². The predicted molar refractivity (Wildman–Crippen MR) is 191 cm³/mol. The minimum absolute atomic E-state index is 0.0126. The molecule has 50 heavy (non-hydrogen) atoms. The first kappa shape index (κ1) is 35.3. The third-order valence-corrected chi connectivity index (χ3v) is 16.6. The van der Waals surface area contributed by atoms with Crippen molar-refractivity contribution in [2.24, 2.45) is 52.3 Å². The Kier molecular flexibility index (Phi) is 9.60. The number of amides is 2. The van der Waals surface area contributed by atoms with Crippen molar-refractivity contribution in [2.45, 2.75) is 135 Å². The van der Waals surface area contributed by atoms with Crippen LogP contribution in [0.4, 0.5) is 0 Å². The lowest BCUT2D eigenvalue weighted by Gasteiger charge is -2.61. The van der Waals surface area contributed by atoms with Crippen LogP contribution in [0.1, 0.15) is 111 Å². The summed E-state index contributed by atoms with van der Waals surface area (Å²) in [6, 6.07) is 2.95. The minimum Gasteiger partial charge on any atom is -0.353 e. The van der Waals surface area contributed by atoms with Crippen LogP contribution in [0.25, 0.3) is 0 Å². The van der Waals surface area contributed by atoms with Crippen LogP contribution in [0.5, 0.6) is 0 Å². The van der Waals surface area contributed by atoms with Crippen LogP contribution < -0.4 is 5.32 Å². The SMILES string of the molecule is C[C@@H]1CC[C@@]2(OC1)O[C@H]1C[C@H]3[C@@H]4CC[C@@H]5C[C@H](NC(=O)CC(=O)N6CCC(N7CCN(CC#N)CC7)CC6)CC[C@]5(C)C4CC[C@]3(C)[C@H]1[C@@H]2C. The summed E-state index contributed by atoms with van der Waals surface area (Å²) in [6.07, 6.45) is 14.3. The molecule has 4 heterocycles. The van der Waals surface area contributed by atoms with Gasteiger partial charge >= 0.3 is 0 Å². The maximum absolute atomic E-state index is 13.2. The Bertz CT molecular complexity index is 1310. The van der Waals surface area contributed by atoms with Gasteiger partial charge in [-0.1, -0.05) is 27.7 Å². The summed E-state index contributed by atoms with van der Waals surface area (Å²) in [5.74, 6) is 4.27. The van der Waals surface area contributed by atoms with Gasteiger partial charge in [-0.2, -0.15) is 5.26 Å². The summed E-state index contributed by atoms with van der Waals surface area (Å²) >= 11 is 0. The van der Waals surface area contributed by atoms with Gasteiger partial charge < -0.3 is 19.7 Å². The first-order chi connectivity index (χ1) is 24.0. The molecular weight excluding hydrogens is 626 g/mol. The number of piperidine rings is 1. The van der Waals surface area contributed by atoms with E-state index >= 15 is 0 Å². The van der Waals surface area contributed by atoms with Crippen molar-refractivity contribution < 1.29 is 19.1 Å². The number of nitrogens with zero attached hydrogens (tertiary/aromatic N) is 4. The zero-order valence-corrected chi connectivity index (χ0v) is 31.5. The van der Waals surface area contributed by atoms with E-state index < -0.39 is 0 Å². The lowest BCUT2D eigenvalue weighted by molar-refractivity contribution is -0.273. The van der Waals surface area contributed by atoms with Crippen molar-refractivity contribution in [1.82, 2.24) is 20.0 Å². The summed E-state index contributed by atoms with van der Waals surface area (Å²) < 4.78 is 13.5. The summed E-state index contributed by atoms with van der Waals surface area (Å²) in [5, 5.41) is 12.3. The molecule has 4 saturated heterocycles. The molecule has 8 aliphatic rings. The zero-order valence-electron chi connectivity index (χ0n) is 31.5. The minimum atomic E-state index is -0.336. The Hall–Kier alpha value is -1.73.